The molecule has 0 amide bonds. The maximum atomic E-state index is 9.61. The first-order valence-electron chi connectivity index (χ1n) is 3.49. The average molecular weight is 146 g/mol. The Hall–Kier alpha value is 0.310. The highest BCUT2D eigenvalue weighted by molar-refractivity contribution is 8.00. The third kappa shape index (κ3) is 1.62. The summed E-state index contributed by atoms with van der Waals surface area (Å²) in [6.07, 6.45) is 2.45. The van der Waals surface area contributed by atoms with Crippen LogP contribution in [0, 0.1) is 5.92 Å². The minimum atomic E-state index is -0.446. The van der Waals surface area contributed by atoms with Crippen molar-refractivity contribution in [3.05, 3.63) is 0 Å². The van der Waals surface area contributed by atoms with Gasteiger partial charge >= 0.3 is 0 Å². The van der Waals surface area contributed by atoms with E-state index < -0.39 is 4.93 Å². The second kappa shape index (κ2) is 2.51. The van der Waals surface area contributed by atoms with Crippen LogP contribution in [-0.4, -0.2) is 15.8 Å². The van der Waals surface area contributed by atoms with E-state index in [1.807, 2.05) is 6.92 Å². The van der Waals surface area contributed by atoms with Crippen molar-refractivity contribution in [3.8, 4) is 0 Å². The summed E-state index contributed by atoms with van der Waals surface area (Å²) in [5.74, 6) is 1.59. The standard InChI is InChI=1S/C7H14OS/c1-6-4-3-5-9-7(6,2)8/h6,8H,3-5H2,1-2H3. The van der Waals surface area contributed by atoms with E-state index in [1.54, 1.807) is 11.8 Å². The zero-order valence-corrected chi connectivity index (χ0v) is 6.87. The Labute approximate surface area is 60.8 Å². The summed E-state index contributed by atoms with van der Waals surface area (Å²) in [4.78, 5) is -0.446. The van der Waals surface area contributed by atoms with Gasteiger partial charge in [-0.2, -0.15) is 0 Å². The van der Waals surface area contributed by atoms with Crippen LogP contribution in [-0.2, 0) is 0 Å². The molecule has 2 heteroatoms. The SMILES string of the molecule is CC1CCCSC1(C)O. The van der Waals surface area contributed by atoms with Gasteiger partial charge in [0.05, 0.1) is 0 Å². The van der Waals surface area contributed by atoms with Gasteiger partial charge < -0.3 is 5.11 Å². The van der Waals surface area contributed by atoms with Crippen molar-refractivity contribution in [2.45, 2.75) is 31.6 Å². The molecule has 0 saturated carbocycles. The molecule has 0 radical (unpaired) electrons. The van der Waals surface area contributed by atoms with Gasteiger partial charge in [0, 0.05) is 0 Å². The average Bonchev–Trinajstić information content (AvgIpc) is 1.77. The van der Waals surface area contributed by atoms with E-state index in [-0.39, 0.29) is 0 Å². The number of aliphatic hydroxyl groups is 1. The number of rotatable bonds is 0. The Bertz CT molecular complexity index is 101. The predicted octanol–water partition coefficient (Wildman–Crippen LogP) is 1.86. The van der Waals surface area contributed by atoms with E-state index in [2.05, 4.69) is 6.92 Å². The number of thioether (sulfide) groups is 1. The number of hydrogen-bond donors (Lipinski definition) is 1. The van der Waals surface area contributed by atoms with Gasteiger partial charge in [-0.05, 0) is 31.4 Å². The lowest BCUT2D eigenvalue weighted by Gasteiger charge is -2.33. The molecule has 2 atom stereocenters. The molecule has 1 saturated heterocycles. The van der Waals surface area contributed by atoms with Crippen LogP contribution in [0.25, 0.3) is 0 Å². The van der Waals surface area contributed by atoms with Crippen molar-refractivity contribution in [1.82, 2.24) is 0 Å². The monoisotopic (exact) mass is 146 g/mol. The van der Waals surface area contributed by atoms with Gasteiger partial charge in [-0.25, -0.2) is 0 Å². The molecule has 1 heterocycles. The maximum Gasteiger partial charge on any atom is 0.110 e. The highest BCUT2D eigenvalue weighted by Gasteiger charge is 2.31. The highest BCUT2D eigenvalue weighted by Crippen LogP contribution is 2.37. The summed E-state index contributed by atoms with van der Waals surface area (Å²) in [6, 6.07) is 0. The van der Waals surface area contributed by atoms with E-state index in [0.717, 1.165) is 5.75 Å². The van der Waals surface area contributed by atoms with Crippen LogP contribution in [0.2, 0.25) is 0 Å². The summed E-state index contributed by atoms with van der Waals surface area (Å²) in [7, 11) is 0. The summed E-state index contributed by atoms with van der Waals surface area (Å²) in [6.45, 7) is 4.04. The smallest absolute Gasteiger partial charge is 0.110 e. The summed E-state index contributed by atoms with van der Waals surface area (Å²) >= 11 is 1.68. The van der Waals surface area contributed by atoms with Crippen LogP contribution in [0.4, 0.5) is 0 Å². The Morgan fingerprint density at radius 2 is 2.33 bits per heavy atom. The van der Waals surface area contributed by atoms with Gasteiger partial charge in [0.15, 0.2) is 0 Å². The summed E-state index contributed by atoms with van der Waals surface area (Å²) in [5, 5.41) is 9.61. The first-order valence-corrected chi connectivity index (χ1v) is 4.48. The lowest BCUT2D eigenvalue weighted by molar-refractivity contribution is 0.0888. The summed E-state index contributed by atoms with van der Waals surface area (Å²) < 4.78 is 0. The molecule has 2 unspecified atom stereocenters. The molecule has 9 heavy (non-hydrogen) atoms. The van der Waals surface area contributed by atoms with Crippen LogP contribution < -0.4 is 0 Å². The van der Waals surface area contributed by atoms with Crippen LogP contribution in [0.3, 0.4) is 0 Å². The molecule has 0 aromatic heterocycles. The summed E-state index contributed by atoms with van der Waals surface area (Å²) in [5.41, 5.74) is 0. The van der Waals surface area contributed by atoms with Crippen molar-refractivity contribution >= 4 is 11.8 Å². The predicted molar refractivity (Wildman–Crippen MR) is 41.5 cm³/mol. The lowest BCUT2D eigenvalue weighted by Crippen LogP contribution is -2.32. The third-order valence-electron chi connectivity index (χ3n) is 2.09. The quantitative estimate of drug-likeness (QED) is 0.563. The molecule has 0 aromatic rings. The van der Waals surface area contributed by atoms with Crippen molar-refractivity contribution in [1.29, 1.82) is 0 Å². The molecule has 0 aliphatic carbocycles. The Kier molecular flexibility index (Phi) is 2.07. The van der Waals surface area contributed by atoms with Crippen molar-refractivity contribution in [2.24, 2.45) is 5.92 Å². The van der Waals surface area contributed by atoms with Crippen molar-refractivity contribution in [3.63, 3.8) is 0 Å². The van der Waals surface area contributed by atoms with E-state index in [9.17, 15) is 5.11 Å². The molecule has 1 fully saturated rings. The van der Waals surface area contributed by atoms with Crippen molar-refractivity contribution < 1.29 is 5.11 Å². The second-order valence-corrected chi connectivity index (χ2v) is 4.47. The fourth-order valence-corrected chi connectivity index (χ4v) is 2.21. The van der Waals surface area contributed by atoms with E-state index in [0.29, 0.717) is 5.92 Å². The molecule has 54 valence electrons. The molecule has 0 spiro atoms. The largest absolute Gasteiger partial charge is 0.380 e. The Morgan fingerprint density at radius 3 is 2.67 bits per heavy atom. The van der Waals surface area contributed by atoms with Crippen LogP contribution in [0.1, 0.15) is 26.7 Å². The number of hydrogen-bond acceptors (Lipinski definition) is 2. The zero-order valence-electron chi connectivity index (χ0n) is 6.05. The van der Waals surface area contributed by atoms with E-state index in [1.165, 1.54) is 12.8 Å². The normalized spacial score (nSPS) is 45.0. The van der Waals surface area contributed by atoms with Gasteiger partial charge in [-0.3, -0.25) is 0 Å². The van der Waals surface area contributed by atoms with Crippen LogP contribution in [0.15, 0.2) is 0 Å². The third-order valence-corrected chi connectivity index (χ3v) is 3.57. The lowest BCUT2D eigenvalue weighted by atomic mass is 10.00. The van der Waals surface area contributed by atoms with Gasteiger partial charge in [-0.15, -0.1) is 11.8 Å². The Balaban J connectivity index is 2.49. The molecular formula is C7H14OS. The minimum absolute atomic E-state index is 0.446. The first-order chi connectivity index (χ1) is 4.13. The highest BCUT2D eigenvalue weighted by atomic mass is 32.2. The molecule has 0 bridgehead atoms. The van der Waals surface area contributed by atoms with Gasteiger partial charge in [-0.1, -0.05) is 6.92 Å². The first kappa shape index (κ1) is 7.42. The molecule has 1 N–H and O–H groups in total. The maximum absolute atomic E-state index is 9.61. The molecule has 1 aliphatic rings. The zero-order chi connectivity index (χ0) is 6.91. The van der Waals surface area contributed by atoms with Gasteiger partial charge in [0.25, 0.3) is 0 Å². The van der Waals surface area contributed by atoms with Crippen LogP contribution in [0.5, 0.6) is 0 Å². The van der Waals surface area contributed by atoms with Gasteiger partial charge in [0.2, 0.25) is 0 Å². The molecule has 1 rings (SSSR count). The van der Waals surface area contributed by atoms with E-state index >= 15 is 0 Å². The van der Waals surface area contributed by atoms with Crippen LogP contribution >= 0.6 is 11.8 Å². The fourth-order valence-electron chi connectivity index (χ4n) is 1.08. The fraction of sp³-hybridized carbons (Fsp3) is 1.00. The molecule has 1 nitrogen and oxygen atoms in total. The molecular weight excluding hydrogens is 132 g/mol. The van der Waals surface area contributed by atoms with Crippen molar-refractivity contribution in [2.75, 3.05) is 5.75 Å². The Morgan fingerprint density at radius 1 is 1.67 bits per heavy atom. The van der Waals surface area contributed by atoms with Gasteiger partial charge in [0.1, 0.15) is 4.93 Å². The second-order valence-electron chi connectivity index (χ2n) is 2.95. The molecule has 1 aliphatic heterocycles. The minimum Gasteiger partial charge on any atom is -0.380 e. The van der Waals surface area contributed by atoms with E-state index in [4.69, 9.17) is 0 Å². The topological polar surface area (TPSA) is 20.2 Å². The molecule has 0 aromatic carbocycles.